The Bertz CT molecular complexity index is 509. The van der Waals surface area contributed by atoms with Crippen LogP contribution in [0.3, 0.4) is 0 Å². The molecule has 17 heavy (non-hydrogen) atoms. The van der Waals surface area contributed by atoms with Crippen LogP contribution in [0.25, 0.3) is 10.9 Å². The molecule has 0 saturated carbocycles. The third-order valence-electron chi connectivity index (χ3n) is 2.77. The van der Waals surface area contributed by atoms with Gasteiger partial charge in [-0.2, -0.15) is 0 Å². The molecule has 3 heteroatoms. The van der Waals surface area contributed by atoms with Gasteiger partial charge in [0.2, 0.25) is 0 Å². The van der Waals surface area contributed by atoms with Gasteiger partial charge in [-0.05, 0) is 45.6 Å². The molecule has 0 spiro atoms. The maximum Gasteiger partial charge on any atom is 0.0891 e. The Morgan fingerprint density at radius 2 is 2.00 bits per heavy atom. The zero-order valence-corrected chi connectivity index (χ0v) is 11.0. The maximum absolute atomic E-state index is 6.14. The summed E-state index contributed by atoms with van der Waals surface area (Å²) in [5.74, 6) is 0. The molecule has 90 valence electrons. The molecule has 0 aliphatic carbocycles. The van der Waals surface area contributed by atoms with Gasteiger partial charge < -0.3 is 4.90 Å². The Morgan fingerprint density at radius 1 is 1.18 bits per heavy atom. The highest BCUT2D eigenvalue weighted by atomic mass is 35.5. The lowest BCUT2D eigenvalue weighted by molar-refractivity contribution is 0.399. The minimum atomic E-state index is 0.733. The lowest BCUT2D eigenvalue weighted by atomic mass is 10.1. The minimum absolute atomic E-state index is 0.733. The van der Waals surface area contributed by atoms with Gasteiger partial charge in [-0.25, -0.2) is 0 Å². The van der Waals surface area contributed by atoms with Gasteiger partial charge in [0.25, 0.3) is 0 Å². The second kappa shape index (κ2) is 5.48. The van der Waals surface area contributed by atoms with E-state index in [0.29, 0.717) is 0 Å². The first-order valence-corrected chi connectivity index (χ1v) is 6.23. The van der Waals surface area contributed by atoms with E-state index in [1.165, 1.54) is 0 Å². The Balaban J connectivity index is 2.17. The van der Waals surface area contributed by atoms with Crippen LogP contribution >= 0.6 is 11.6 Å². The third-order valence-corrected chi connectivity index (χ3v) is 3.07. The number of aromatic nitrogens is 1. The smallest absolute Gasteiger partial charge is 0.0891 e. The summed E-state index contributed by atoms with van der Waals surface area (Å²) >= 11 is 6.14. The fourth-order valence-electron chi connectivity index (χ4n) is 1.87. The number of rotatable bonds is 4. The van der Waals surface area contributed by atoms with Crippen LogP contribution in [0.15, 0.2) is 30.3 Å². The van der Waals surface area contributed by atoms with E-state index >= 15 is 0 Å². The normalized spacial score (nSPS) is 11.3. The average Bonchev–Trinajstić information content (AvgIpc) is 2.30. The summed E-state index contributed by atoms with van der Waals surface area (Å²) in [7, 11) is 4.18. The number of hydrogen-bond donors (Lipinski definition) is 0. The van der Waals surface area contributed by atoms with Crippen LogP contribution in [0.1, 0.15) is 12.1 Å². The summed E-state index contributed by atoms with van der Waals surface area (Å²) in [6, 6.07) is 10.1. The molecule has 0 N–H and O–H groups in total. The summed E-state index contributed by atoms with van der Waals surface area (Å²) in [4.78, 5) is 6.81. The fourth-order valence-corrected chi connectivity index (χ4v) is 2.09. The molecule has 2 nitrogen and oxygen atoms in total. The molecule has 0 amide bonds. The zero-order chi connectivity index (χ0) is 12.3. The summed E-state index contributed by atoms with van der Waals surface area (Å²) in [6.07, 6.45) is 2.12. The highest BCUT2D eigenvalue weighted by Gasteiger charge is 2.02. The van der Waals surface area contributed by atoms with Gasteiger partial charge in [0.15, 0.2) is 0 Å². The average molecular weight is 249 g/mol. The number of hydrogen-bond acceptors (Lipinski definition) is 2. The Kier molecular flexibility index (Phi) is 3.97. The number of halogens is 1. The maximum atomic E-state index is 6.14. The first-order chi connectivity index (χ1) is 8.16. The molecule has 1 aromatic heterocycles. The highest BCUT2D eigenvalue weighted by Crippen LogP contribution is 2.21. The van der Waals surface area contributed by atoms with E-state index in [0.717, 1.165) is 41.0 Å². The van der Waals surface area contributed by atoms with Gasteiger partial charge in [0.1, 0.15) is 0 Å². The Labute approximate surface area is 107 Å². The zero-order valence-electron chi connectivity index (χ0n) is 10.3. The standard InChI is InChI=1S/C14H17ClN2/c1-17(2)10-4-6-12-9-8-11-5-3-7-13(15)14(11)16-12/h3,5,7-9H,4,6,10H2,1-2H3. The number of fused-ring (bicyclic) bond motifs is 1. The fraction of sp³-hybridized carbons (Fsp3) is 0.357. The van der Waals surface area contributed by atoms with Gasteiger partial charge in [-0.1, -0.05) is 29.8 Å². The van der Waals surface area contributed by atoms with Crippen molar-refractivity contribution in [3.8, 4) is 0 Å². The quantitative estimate of drug-likeness (QED) is 0.825. The molecular formula is C14H17ClN2. The molecule has 0 aliphatic rings. The van der Waals surface area contributed by atoms with Crippen molar-refractivity contribution in [2.24, 2.45) is 0 Å². The molecule has 1 aromatic carbocycles. The van der Waals surface area contributed by atoms with E-state index in [-0.39, 0.29) is 0 Å². The number of pyridine rings is 1. The number of benzene rings is 1. The molecule has 0 bridgehead atoms. The van der Waals surface area contributed by atoms with Gasteiger partial charge >= 0.3 is 0 Å². The molecule has 0 saturated heterocycles. The third kappa shape index (κ3) is 3.18. The molecule has 0 unspecified atom stereocenters. The summed E-state index contributed by atoms with van der Waals surface area (Å²) in [6.45, 7) is 1.09. The molecule has 0 atom stereocenters. The number of aryl methyl sites for hydroxylation is 1. The van der Waals surface area contributed by atoms with E-state index in [1.807, 2.05) is 18.2 Å². The van der Waals surface area contributed by atoms with Gasteiger partial charge in [-0.15, -0.1) is 0 Å². The van der Waals surface area contributed by atoms with E-state index < -0.39 is 0 Å². The largest absolute Gasteiger partial charge is 0.309 e. The first-order valence-electron chi connectivity index (χ1n) is 5.86. The van der Waals surface area contributed by atoms with Crippen LogP contribution in [0.4, 0.5) is 0 Å². The SMILES string of the molecule is CN(C)CCCc1ccc2cccc(Cl)c2n1. The number of nitrogens with zero attached hydrogens (tertiary/aromatic N) is 2. The van der Waals surface area contributed by atoms with Crippen molar-refractivity contribution in [1.29, 1.82) is 0 Å². The highest BCUT2D eigenvalue weighted by molar-refractivity contribution is 6.35. The molecule has 2 rings (SSSR count). The van der Waals surface area contributed by atoms with Crippen molar-refractivity contribution in [3.05, 3.63) is 41.0 Å². The van der Waals surface area contributed by atoms with Gasteiger partial charge in [0, 0.05) is 11.1 Å². The summed E-state index contributed by atoms with van der Waals surface area (Å²) in [5, 5.41) is 1.84. The van der Waals surface area contributed by atoms with Crippen LogP contribution < -0.4 is 0 Å². The minimum Gasteiger partial charge on any atom is -0.309 e. The van der Waals surface area contributed by atoms with Gasteiger partial charge in [0.05, 0.1) is 10.5 Å². The van der Waals surface area contributed by atoms with Crippen LogP contribution in [-0.4, -0.2) is 30.5 Å². The molecule has 1 heterocycles. The number of para-hydroxylation sites is 1. The summed E-state index contributed by atoms with van der Waals surface area (Å²) in [5.41, 5.74) is 2.03. The van der Waals surface area contributed by atoms with Crippen LogP contribution in [0.5, 0.6) is 0 Å². The van der Waals surface area contributed by atoms with Crippen LogP contribution in [-0.2, 0) is 6.42 Å². The predicted octanol–water partition coefficient (Wildman–Crippen LogP) is 3.38. The van der Waals surface area contributed by atoms with Crippen molar-refractivity contribution in [3.63, 3.8) is 0 Å². The van der Waals surface area contributed by atoms with Crippen molar-refractivity contribution in [2.45, 2.75) is 12.8 Å². The Hall–Kier alpha value is -1.12. The van der Waals surface area contributed by atoms with E-state index in [9.17, 15) is 0 Å². The van der Waals surface area contributed by atoms with Crippen molar-refractivity contribution in [1.82, 2.24) is 9.88 Å². The van der Waals surface area contributed by atoms with E-state index in [2.05, 4.69) is 36.1 Å². The van der Waals surface area contributed by atoms with E-state index in [1.54, 1.807) is 0 Å². The lowest BCUT2D eigenvalue weighted by Crippen LogP contribution is -2.13. The topological polar surface area (TPSA) is 16.1 Å². The van der Waals surface area contributed by atoms with Gasteiger partial charge in [-0.3, -0.25) is 4.98 Å². The van der Waals surface area contributed by atoms with Crippen LogP contribution in [0.2, 0.25) is 5.02 Å². The Morgan fingerprint density at radius 3 is 2.76 bits per heavy atom. The second-order valence-electron chi connectivity index (χ2n) is 4.52. The molecule has 2 aromatic rings. The molecule has 0 aliphatic heterocycles. The molecular weight excluding hydrogens is 232 g/mol. The van der Waals surface area contributed by atoms with Crippen molar-refractivity contribution in [2.75, 3.05) is 20.6 Å². The predicted molar refractivity (Wildman–Crippen MR) is 73.6 cm³/mol. The molecule has 0 radical (unpaired) electrons. The second-order valence-corrected chi connectivity index (χ2v) is 4.93. The first kappa shape index (κ1) is 12.3. The van der Waals surface area contributed by atoms with Crippen LogP contribution in [0, 0.1) is 0 Å². The van der Waals surface area contributed by atoms with Crippen molar-refractivity contribution >= 4 is 22.5 Å². The monoisotopic (exact) mass is 248 g/mol. The van der Waals surface area contributed by atoms with E-state index in [4.69, 9.17) is 11.6 Å². The molecule has 0 fully saturated rings. The summed E-state index contributed by atoms with van der Waals surface area (Å²) < 4.78 is 0. The van der Waals surface area contributed by atoms with Crippen molar-refractivity contribution < 1.29 is 0 Å². The lowest BCUT2D eigenvalue weighted by Gasteiger charge is -2.09.